The molecule has 4 aromatic rings. The first-order valence-electron chi connectivity index (χ1n) is 10.0. The second kappa shape index (κ2) is 7.50. The number of carbonyl (C=O) groups excluding carboxylic acids is 1. The van der Waals surface area contributed by atoms with E-state index in [2.05, 4.69) is 9.97 Å². The molecule has 1 N–H and O–H groups in total. The van der Waals surface area contributed by atoms with Gasteiger partial charge in [-0.05, 0) is 36.4 Å². The summed E-state index contributed by atoms with van der Waals surface area (Å²) in [6, 6.07) is 11.4. The average Bonchev–Trinajstić information content (AvgIpc) is 3.36. The van der Waals surface area contributed by atoms with E-state index in [4.69, 9.17) is 13.9 Å². The molecular formula is C23H23N3O4. The van der Waals surface area contributed by atoms with Crippen molar-refractivity contribution in [2.24, 2.45) is 0 Å². The van der Waals surface area contributed by atoms with Gasteiger partial charge in [0.25, 0.3) is 5.91 Å². The fraction of sp³-hybridized carbons (Fsp3) is 0.304. The van der Waals surface area contributed by atoms with Crippen molar-refractivity contribution >= 4 is 27.9 Å². The fourth-order valence-corrected chi connectivity index (χ4v) is 4.08. The smallest absolute Gasteiger partial charge is 0.254 e. The summed E-state index contributed by atoms with van der Waals surface area (Å²) in [6.45, 7) is 1.78. The predicted molar refractivity (Wildman–Crippen MR) is 113 cm³/mol. The van der Waals surface area contributed by atoms with Gasteiger partial charge in [0.15, 0.2) is 11.5 Å². The summed E-state index contributed by atoms with van der Waals surface area (Å²) in [5, 5.41) is 1.11. The van der Waals surface area contributed by atoms with Crippen LogP contribution in [0.3, 0.4) is 0 Å². The molecule has 1 aliphatic heterocycles. The molecule has 0 bridgehead atoms. The molecule has 1 amide bonds. The summed E-state index contributed by atoms with van der Waals surface area (Å²) < 4.78 is 16.2. The normalized spacial score (nSPS) is 13.7. The number of nitrogens with one attached hydrogen (secondary N) is 1. The van der Waals surface area contributed by atoms with Crippen molar-refractivity contribution in [3.8, 4) is 5.75 Å². The Balaban J connectivity index is 1.42. The number of fused-ring (bicyclic) bond motifs is 4. The lowest BCUT2D eigenvalue weighted by Crippen LogP contribution is -2.35. The second-order valence-corrected chi connectivity index (χ2v) is 7.50. The number of methoxy groups -OCH3 is 2. The van der Waals surface area contributed by atoms with Gasteiger partial charge in [0.2, 0.25) is 0 Å². The topological polar surface area (TPSA) is 80.6 Å². The van der Waals surface area contributed by atoms with Gasteiger partial charge in [-0.3, -0.25) is 4.79 Å². The molecule has 3 heterocycles. The molecule has 0 spiro atoms. The highest BCUT2D eigenvalue weighted by Crippen LogP contribution is 2.31. The van der Waals surface area contributed by atoms with E-state index < -0.39 is 0 Å². The number of benzene rings is 2. The molecule has 5 rings (SSSR count). The van der Waals surface area contributed by atoms with Crippen LogP contribution in [0.25, 0.3) is 22.0 Å². The maximum absolute atomic E-state index is 13.2. The molecule has 30 heavy (non-hydrogen) atoms. The first kappa shape index (κ1) is 18.7. The standard InChI is InChI=1S/C23H23N3O4/c1-28-10-8-22-25-20-5-3-14(11-21(20)30-22)23(27)26-9-7-19-17(13-26)16-12-15(29-2)4-6-18(16)24-19/h3-6,11-12,24H,7-10,13H2,1-2H3. The SMILES string of the molecule is COCCc1nc2ccc(C(=O)N3CCc4[nH]c5ccc(OC)cc5c4C3)cc2o1. The Morgan fingerprint density at radius 3 is 2.97 bits per heavy atom. The van der Waals surface area contributed by atoms with Crippen LogP contribution in [0, 0.1) is 0 Å². The number of H-pyrrole nitrogens is 1. The Morgan fingerprint density at radius 1 is 1.23 bits per heavy atom. The third kappa shape index (κ3) is 3.21. The molecule has 0 aliphatic carbocycles. The van der Waals surface area contributed by atoms with E-state index in [9.17, 15) is 4.79 Å². The predicted octanol–water partition coefficient (Wildman–Crippen LogP) is 3.71. The Bertz CT molecular complexity index is 1240. The van der Waals surface area contributed by atoms with Gasteiger partial charge >= 0.3 is 0 Å². The monoisotopic (exact) mass is 405 g/mol. The zero-order valence-corrected chi connectivity index (χ0v) is 17.0. The van der Waals surface area contributed by atoms with Crippen LogP contribution < -0.4 is 4.74 Å². The maximum atomic E-state index is 13.2. The number of amides is 1. The van der Waals surface area contributed by atoms with Crippen LogP contribution in [0.15, 0.2) is 40.8 Å². The lowest BCUT2D eigenvalue weighted by atomic mass is 10.0. The van der Waals surface area contributed by atoms with Crippen LogP contribution in [0.2, 0.25) is 0 Å². The highest BCUT2D eigenvalue weighted by Gasteiger charge is 2.25. The number of aromatic nitrogens is 2. The van der Waals surface area contributed by atoms with Crippen LogP contribution in [0.1, 0.15) is 27.5 Å². The molecule has 0 atom stereocenters. The molecule has 2 aromatic carbocycles. The zero-order valence-electron chi connectivity index (χ0n) is 17.0. The van der Waals surface area contributed by atoms with Crippen molar-refractivity contribution < 1.29 is 18.7 Å². The highest BCUT2D eigenvalue weighted by atomic mass is 16.5. The second-order valence-electron chi connectivity index (χ2n) is 7.50. The van der Waals surface area contributed by atoms with Gasteiger partial charge in [0.05, 0.1) is 13.7 Å². The Hall–Kier alpha value is -3.32. The van der Waals surface area contributed by atoms with Crippen LogP contribution in [0.5, 0.6) is 5.75 Å². The maximum Gasteiger partial charge on any atom is 0.254 e. The molecule has 7 heteroatoms. The van der Waals surface area contributed by atoms with E-state index in [0.717, 1.165) is 34.2 Å². The molecule has 0 fully saturated rings. The van der Waals surface area contributed by atoms with Gasteiger partial charge in [-0.2, -0.15) is 0 Å². The van der Waals surface area contributed by atoms with Crippen molar-refractivity contribution in [3.63, 3.8) is 0 Å². The zero-order chi connectivity index (χ0) is 20.7. The lowest BCUT2D eigenvalue weighted by molar-refractivity contribution is 0.0735. The van der Waals surface area contributed by atoms with Gasteiger partial charge in [0.1, 0.15) is 11.3 Å². The van der Waals surface area contributed by atoms with Crippen LogP contribution in [0.4, 0.5) is 0 Å². The molecule has 0 unspecified atom stereocenters. The minimum Gasteiger partial charge on any atom is -0.497 e. The van der Waals surface area contributed by atoms with E-state index in [1.807, 2.05) is 35.2 Å². The highest BCUT2D eigenvalue weighted by molar-refractivity contribution is 5.97. The summed E-state index contributed by atoms with van der Waals surface area (Å²) in [6.07, 6.45) is 1.40. The van der Waals surface area contributed by atoms with E-state index in [0.29, 0.717) is 43.2 Å². The number of ether oxygens (including phenoxy) is 2. The summed E-state index contributed by atoms with van der Waals surface area (Å²) in [5.74, 6) is 1.43. The third-order valence-corrected chi connectivity index (χ3v) is 5.67. The molecule has 7 nitrogen and oxygen atoms in total. The Labute approximate surface area is 173 Å². The van der Waals surface area contributed by atoms with Gasteiger partial charge in [0, 0.05) is 60.8 Å². The summed E-state index contributed by atoms with van der Waals surface area (Å²) in [4.78, 5) is 23.0. The van der Waals surface area contributed by atoms with Gasteiger partial charge < -0.3 is 23.8 Å². The average molecular weight is 405 g/mol. The summed E-state index contributed by atoms with van der Waals surface area (Å²) in [5.41, 5.74) is 5.41. The Kier molecular flexibility index (Phi) is 4.67. The summed E-state index contributed by atoms with van der Waals surface area (Å²) in [7, 11) is 3.31. The molecule has 0 saturated heterocycles. The molecule has 0 saturated carbocycles. The van der Waals surface area contributed by atoms with Gasteiger partial charge in [-0.25, -0.2) is 4.98 Å². The minimum atomic E-state index is -0.00497. The number of hydrogen-bond acceptors (Lipinski definition) is 5. The van der Waals surface area contributed by atoms with E-state index in [1.54, 1.807) is 20.3 Å². The van der Waals surface area contributed by atoms with Crippen molar-refractivity contribution in [2.45, 2.75) is 19.4 Å². The van der Waals surface area contributed by atoms with Crippen molar-refractivity contribution in [1.82, 2.24) is 14.9 Å². The van der Waals surface area contributed by atoms with E-state index >= 15 is 0 Å². The largest absolute Gasteiger partial charge is 0.497 e. The number of nitrogens with zero attached hydrogens (tertiary/aromatic N) is 2. The van der Waals surface area contributed by atoms with Gasteiger partial charge in [-0.1, -0.05) is 0 Å². The first-order valence-corrected chi connectivity index (χ1v) is 10.0. The molecule has 154 valence electrons. The van der Waals surface area contributed by atoms with Gasteiger partial charge in [-0.15, -0.1) is 0 Å². The Morgan fingerprint density at radius 2 is 2.13 bits per heavy atom. The van der Waals surface area contributed by atoms with E-state index in [-0.39, 0.29) is 5.91 Å². The summed E-state index contributed by atoms with van der Waals surface area (Å²) >= 11 is 0. The molecule has 0 radical (unpaired) electrons. The fourth-order valence-electron chi connectivity index (χ4n) is 4.08. The van der Waals surface area contributed by atoms with Crippen molar-refractivity contribution in [2.75, 3.05) is 27.4 Å². The number of aromatic amines is 1. The number of oxazole rings is 1. The number of rotatable bonds is 5. The minimum absolute atomic E-state index is 0.00497. The number of hydrogen-bond donors (Lipinski definition) is 1. The van der Waals surface area contributed by atoms with Crippen LogP contribution in [-0.4, -0.2) is 48.1 Å². The van der Waals surface area contributed by atoms with E-state index in [1.165, 1.54) is 5.69 Å². The van der Waals surface area contributed by atoms with Crippen molar-refractivity contribution in [3.05, 3.63) is 59.1 Å². The molecule has 2 aromatic heterocycles. The van der Waals surface area contributed by atoms with Crippen LogP contribution in [-0.2, 0) is 24.1 Å². The third-order valence-electron chi connectivity index (χ3n) is 5.67. The van der Waals surface area contributed by atoms with Crippen molar-refractivity contribution in [1.29, 1.82) is 0 Å². The number of carbonyl (C=O) groups is 1. The first-order chi connectivity index (χ1) is 14.7. The molecular weight excluding hydrogens is 382 g/mol. The lowest BCUT2D eigenvalue weighted by Gasteiger charge is -2.27. The van der Waals surface area contributed by atoms with Crippen LogP contribution >= 0.6 is 0 Å². The quantitative estimate of drug-likeness (QED) is 0.548. The molecule has 1 aliphatic rings.